The molecule has 4 aliphatic rings. The standard InChI is InChI=1S/C6H15N.C6H12O3S.C5H9N3.C5H11N.C5H10O.4C2H6.CH3ClO2S.N3.Na/c1-4-7(5-2)6-3;1-10(7,8)9-6-4-2-3-5-6;6-8-7-5-3-1-2-4-5;2*6-5-3-1-2-4-5;4*1-2;1-5(2,3)4;1-3-2;/h4-6H2,1-3H3;6H,2-5H2,1H3;5H,1-4H2;5H,1-4,6H2;5-6H,1-4H2;4*1-2H3;1H3;;/q;;;;;;;;;;-1;+1. The van der Waals surface area contributed by atoms with Crippen LogP contribution < -0.4 is 35.3 Å². The van der Waals surface area contributed by atoms with E-state index in [1.165, 1.54) is 75.9 Å². The van der Waals surface area contributed by atoms with E-state index in [1.807, 2.05) is 55.4 Å². The van der Waals surface area contributed by atoms with Crippen LogP contribution in [0.2, 0.25) is 0 Å². The molecule has 0 heterocycles. The Bertz CT molecular complexity index is 952. The van der Waals surface area contributed by atoms with Crippen LogP contribution in [0.25, 0.3) is 26.4 Å². The van der Waals surface area contributed by atoms with Crippen molar-refractivity contribution >= 4 is 29.9 Å². The SMILES string of the molecule is CC.CC.CC.CC.CCN(CC)CC.CS(=O)(=O)Cl.CS(=O)(=O)OC1CCCC1.NC1CCCC1.OC1CCCC1.[N-]=[N+]=NC1CCCC1.[N-]=[N+]=[N-].[Na+]. The van der Waals surface area contributed by atoms with Gasteiger partial charge in [0, 0.05) is 27.7 Å². The van der Waals surface area contributed by atoms with Crippen molar-refractivity contribution in [2.45, 2.75) is 203 Å². The molecule has 324 valence electrons. The summed E-state index contributed by atoms with van der Waals surface area (Å²) in [5, 5.41) is 12.3. The third kappa shape index (κ3) is 76.4. The Morgan fingerprint density at radius 3 is 1.15 bits per heavy atom. The number of nitrogens with zero attached hydrogens (tertiary/aromatic N) is 7. The van der Waals surface area contributed by atoms with E-state index in [4.69, 9.17) is 31.6 Å². The van der Waals surface area contributed by atoms with Gasteiger partial charge in [0.25, 0.3) is 10.1 Å². The molecule has 4 fully saturated rings. The summed E-state index contributed by atoms with van der Waals surface area (Å²) in [5.74, 6) is 0. The number of aliphatic hydroxyl groups is 1. The first kappa shape index (κ1) is 71.4. The summed E-state index contributed by atoms with van der Waals surface area (Å²) < 4.78 is 44.7. The molecule has 3 N–H and O–H groups in total. The molecule has 0 aromatic rings. The Morgan fingerprint density at radius 1 is 0.685 bits per heavy atom. The fourth-order valence-corrected chi connectivity index (χ4v) is 5.54. The van der Waals surface area contributed by atoms with Gasteiger partial charge in [-0.15, -0.1) is 0 Å². The molecule has 0 saturated heterocycles. The average Bonchev–Trinajstić information content (AvgIpc) is 3.98. The quantitative estimate of drug-likeness (QED) is 0.0655. The number of rotatable bonds is 6. The first-order valence-corrected chi connectivity index (χ1v) is 24.6. The number of aliphatic hydroxyl groups excluding tert-OH is 1. The van der Waals surface area contributed by atoms with Crippen molar-refractivity contribution < 1.29 is 55.7 Å². The van der Waals surface area contributed by atoms with E-state index in [1.54, 1.807) is 0 Å². The minimum absolute atomic E-state index is 0. The van der Waals surface area contributed by atoms with Crippen LogP contribution in [0.5, 0.6) is 0 Å². The fraction of sp³-hybridized carbons (Fsp3) is 1.00. The van der Waals surface area contributed by atoms with E-state index in [2.05, 4.69) is 46.4 Å². The molecular weight excluding hydrogens is 763 g/mol. The number of hydrogen-bond donors (Lipinski definition) is 2. The molecule has 4 rings (SSSR count). The van der Waals surface area contributed by atoms with Gasteiger partial charge in [-0.25, -0.2) is 8.42 Å². The summed E-state index contributed by atoms with van der Waals surface area (Å²) in [6.07, 6.45) is 20.5. The predicted octanol–water partition coefficient (Wildman–Crippen LogP) is 8.46. The van der Waals surface area contributed by atoms with Crippen molar-refractivity contribution in [2.75, 3.05) is 32.1 Å². The molecule has 0 bridgehead atoms. The van der Waals surface area contributed by atoms with Crippen molar-refractivity contribution in [3.8, 4) is 0 Å². The Balaban J connectivity index is -0.0000000749. The normalized spacial score (nSPS) is 15.7. The largest absolute Gasteiger partial charge is 1.00 e. The number of azide groups is 1. The van der Waals surface area contributed by atoms with Crippen molar-refractivity contribution in [1.29, 1.82) is 0 Å². The summed E-state index contributed by atoms with van der Waals surface area (Å²) in [6, 6.07) is 0.866. The summed E-state index contributed by atoms with van der Waals surface area (Å²) in [7, 11) is -1.90. The van der Waals surface area contributed by atoms with Gasteiger partial charge >= 0.3 is 29.6 Å². The van der Waals surface area contributed by atoms with Gasteiger partial charge in [-0.2, -0.15) is 8.42 Å². The topological polar surface area (TPSA) is 234 Å². The van der Waals surface area contributed by atoms with Gasteiger partial charge < -0.3 is 26.8 Å². The first-order chi connectivity index (χ1) is 25.1. The van der Waals surface area contributed by atoms with Crippen molar-refractivity contribution in [3.05, 3.63) is 26.4 Å². The summed E-state index contributed by atoms with van der Waals surface area (Å²) in [4.78, 5) is 6.62. The van der Waals surface area contributed by atoms with Crippen LogP contribution in [0.3, 0.4) is 0 Å². The summed E-state index contributed by atoms with van der Waals surface area (Å²) in [6.45, 7) is 26.1. The van der Waals surface area contributed by atoms with Gasteiger partial charge in [-0.3, -0.25) is 9.09 Å². The van der Waals surface area contributed by atoms with Gasteiger partial charge in [0.05, 0.1) is 24.7 Å². The second-order valence-corrected chi connectivity index (χ2v) is 15.9. The van der Waals surface area contributed by atoms with E-state index < -0.39 is 19.2 Å². The molecule has 54 heavy (non-hydrogen) atoms. The molecule has 18 heteroatoms. The van der Waals surface area contributed by atoms with Gasteiger partial charge in [0.1, 0.15) is 0 Å². The molecule has 0 aliphatic heterocycles. The predicted molar refractivity (Wildman–Crippen MR) is 230 cm³/mol. The number of hydrogen-bond acceptors (Lipinski definition) is 9. The van der Waals surface area contributed by atoms with E-state index in [-0.39, 0.29) is 41.8 Å². The summed E-state index contributed by atoms with van der Waals surface area (Å²) >= 11 is 0. The van der Waals surface area contributed by atoms with Crippen LogP contribution in [0.1, 0.15) is 179 Å². The molecule has 0 amide bonds. The van der Waals surface area contributed by atoms with Crippen LogP contribution in [0.15, 0.2) is 5.11 Å². The Hall–Kier alpha value is -0.350. The number of nitrogens with two attached hydrogens (primary N) is 1. The molecule has 0 spiro atoms. The zero-order valence-electron chi connectivity index (χ0n) is 37.1. The summed E-state index contributed by atoms with van der Waals surface area (Å²) in [5.41, 5.74) is 27.0. The minimum atomic E-state index is -3.21. The van der Waals surface area contributed by atoms with Gasteiger partial charge in [-0.1, -0.05) is 133 Å². The van der Waals surface area contributed by atoms with Crippen molar-refractivity contribution in [2.24, 2.45) is 10.8 Å². The second kappa shape index (κ2) is 57.0. The maximum atomic E-state index is 10.6. The molecule has 0 aromatic carbocycles. The monoisotopic (exact) mass is 847 g/mol. The average molecular weight is 848 g/mol. The Kier molecular flexibility index (Phi) is 75.3. The van der Waals surface area contributed by atoms with Crippen molar-refractivity contribution in [3.63, 3.8) is 0 Å². The van der Waals surface area contributed by atoms with Crippen molar-refractivity contribution in [1.82, 2.24) is 4.90 Å². The minimum Gasteiger partial charge on any atom is -0.393 e. The third-order valence-corrected chi connectivity index (χ3v) is 7.84. The van der Waals surface area contributed by atoms with Gasteiger partial charge in [0.2, 0.25) is 9.05 Å². The van der Waals surface area contributed by atoms with Crippen LogP contribution in [0, 0.1) is 0 Å². The maximum Gasteiger partial charge on any atom is 1.00 e. The van der Waals surface area contributed by atoms with E-state index in [0.717, 1.165) is 63.9 Å². The number of halogens is 1. The molecular formula is C36H84ClN8NaO6S2. The zero-order valence-corrected chi connectivity index (χ0v) is 41.5. The maximum absolute atomic E-state index is 10.6. The molecule has 0 aromatic heterocycles. The van der Waals surface area contributed by atoms with E-state index >= 15 is 0 Å². The first-order valence-electron chi connectivity index (χ1n) is 20.0. The molecule has 4 saturated carbocycles. The smallest absolute Gasteiger partial charge is 0.393 e. The molecule has 0 atom stereocenters. The van der Waals surface area contributed by atoms with E-state index in [0.29, 0.717) is 12.1 Å². The van der Waals surface area contributed by atoms with Crippen LogP contribution >= 0.6 is 10.7 Å². The third-order valence-electron chi connectivity index (χ3n) is 7.22. The Morgan fingerprint density at radius 2 is 0.963 bits per heavy atom. The van der Waals surface area contributed by atoms with Crippen LogP contribution in [-0.4, -0.2) is 83.3 Å². The van der Waals surface area contributed by atoms with Crippen LogP contribution in [-0.2, 0) is 23.4 Å². The molecule has 0 unspecified atom stereocenters. The molecule has 0 radical (unpaired) electrons. The van der Waals surface area contributed by atoms with Gasteiger partial charge in [-0.05, 0) is 76.5 Å². The fourth-order valence-electron chi connectivity index (χ4n) is 4.86. The molecule has 14 nitrogen and oxygen atoms in total. The van der Waals surface area contributed by atoms with Crippen LogP contribution in [0.4, 0.5) is 0 Å². The van der Waals surface area contributed by atoms with E-state index in [9.17, 15) is 16.8 Å². The zero-order chi connectivity index (χ0) is 43.2. The Labute approximate surface area is 360 Å². The van der Waals surface area contributed by atoms with Gasteiger partial charge in [0.15, 0.2) is 0 Å². The second-order valence-electron chi connectivity index (χ2n) is 11.2. The molecule has 4 aliphatic carbocycles.